The van der Waals surface area contributed by atoms with Gasteiger partial charge in [-0.15, -0.1) is 0 Å². The third-order valence-electron chi connectivity index (χ3n) is 3.68. The van der Waals surface area contributed by atoms with E-state index in [1.54, 1.807) is 6.20 Å². The molecule has 0 saturated carbocycles. The fourth-order valence-electron chi connectivity index (χ4n) is 2.41. The van der Waals surface area contributed by atoms with E-state index in [4.69, 9.17) is 0 Å². The molecule has 3 aromatic rings. The maximum absolute atomic E-state index is 9.87. The van der Waals surface area contributed by atoms with Gasteiger partial charge >= 0.3 is 0 Å². The lowest BCUT2D eigenvalue weighted by Gasteiger charge is -2.30. The number of benzene rings is 2. The topological polar surface area (TPSA) is 58.0 Å². The van der Waals surface area contributed by atoms with E-state index in [0.717, 1.165) is 22.2 Å². The highest BCUT2D eigenvalue weighted by Gasteiger charge is 2.26. The van der Waals surface area contributed by atoms with Gasteiger partial charge in [0.05, 0.1) is 29.5 Å². The Bertz CT molecular complexity index is 740. The number of hydrogen-bond donors (Lipinski definition) is 2. The summed E-state index contributed by atoms with van der Waals surface area (Å²) >= 11 is 0. The number of hydrogen-bond acceptors (Lipinski definition) is 4. The normalized spacial score (nSPS) is 13.8. The minimum absolute atomic E-state index is 0.0202. The van der Waals surface area contributed by atoms with E-state index in [9.17, 15) is 5.11 Å². The van der Waals surface area contributed by atoms with Crippen molar-refractivity contribution < 1.29 is 5.11 Å². The number of aromatic nitrogens is 2. The van der Waals surface area contributed by atoms with Gasteiger partial charge in [-0.1, -0.05) is 48.5 Å². The first-order valence-electron chi connectivity index (χ1n) is 6.88. The molecule has 0 aliphatic carbocycles. The first kappa shape index (κ1) is 13.5. The molecule has 2 aromatic carbocycles. The van der Waals surface area contributed by atoms with Crippen LogP contribution in [0.1, 0.15) is 12.5 Å². The molecule has 106 valence electrons. The van der Waals surface area contributed by atoms with Gasteiger partial charge in [0.25, 0.3) is 0 Å². The zero-order valence-electron chi connectivity index (χ0n) is 11.8. The largest absolute Gasteiger partial charge is 0.394 e. The van der Waals surface area contributed by atoms with Gasteiger partial charge in [0.2, 0.25) is 0 Å². The van der Waals surface area contributed by atoms with Gasteiger partial charge in [0, 0.05) is 5.39 Å². The summed E-state index contributed by atoms with van der Waals surface area (Å²) in [5.41, 5.74) is 2.14. The maximum Gasteiger partial charge on any atom is 0.0950 e. The molecular formula is C17H17N3O. The summed E-state index contributed by atoms with van der Waals surface area (Å²) in [5.74, 6) is 0. The summed E-state index contributed by atoms with van der Waals surface area (Å²) in [4.78, 5) is 0. The Balaban J connectivity index is 2.04. The van der Waals surface area contributed by atoms with Crippen molar-refractivity contribution in [3.05, 3.63) is 66.4 Å². The summed E-state index contributed by atoms with van der Waals surface area (Å²) < 4.78 is 0. The van der Waals surface area contributed by atoms with E-state index in [0.29, 0.717) is 0 Å². The van der Waals surface area contributed by atoms with Crippen molar-refractivity contribution in [2.75, 3.05) is 11.9 Å². The smallest absolute Gasteiger partial charge is 0.0950 e. The molecule has 0 amide bonds. The van der Waals surface area contributed by atoms with E-state index in [-0.39, 0.29) is 6.61 Å². The molecule has 1 atom stereocenters. The zero-order valence-corrected chi connectivity index (χ0v) is 11.8. The first-order valence-corrected chi connectivity index (χ1v) is 6.88. The lowest BCUT2D eigenvalue weighted by atomic mass is 9.92. The lowest BCUT2D eigenvalue weighted by molar-refractivity contribution is 0.224. The molecule has 1 aromatic heterocycles. The van der Waals surface area contributed by atoms with Gasteiger partial charge in [-0.05, 0) is 18.6 Å². The fraction of sp³-hybridized carbons (Fsp3) is 0.176. The average Bonchev–Trinajstić information content (AvgIpc) is 2.56. The molecule has 0 aliphatic heterocycles. The van der Waals surface area contributed by atoms with Crippen LogP contribution < -0.4 is 5.32 Å². The highest BCUT2D eigenvalue weighted by molar-refractivity contribution is 5.90. The van der Waals surface area contributed by atoms with Crippen LogP contribution in [-0.2, 0) is 5.54 Å². The molecule has 0 bridgehead atoms. The Hall–Kier alpha value is -2.46. The molecule has 3 rings (SSSR count). The van der Waals surface area contributed by atoms with Crippen molar-refractivity contribution in [3.8, 4) is 0 Å². The second kappa shape index (κ2) is 5.50. The number of rotatable bonds is 4. The first-order chi connectivity index (χ1) is 10.2. The monoisotopic (exact) mass is 279 g/mol. The van der Waals surface area contributed by atoms with Gasteiger partial charge in [-0.2, -0.15) is 10.2 Å². The number of aliphatic hydroxyl groups is 1. The third-order valence-corrected chi connectivity index (χ3v) is 3.68. The molecule has 1 heterocycles. The predicted octanol–water partition coefficient (Wildman–Crippen LogP) is 2.95. The van der Waals surface area contributed by atoms with E-state index >= 15 is 0 Å². The van der Waals surface area contributed by atoms with Crippen LogP contribution in [0.15, 0.2) is 60.8 Å². The highest BCUT2D eigenvalue weighted by Crippen LogP contribution is 2.29. The molecule has 0 saturated heterocycles. The van der Waals surface area contributed by atoms with Crippen LogP contribution >= 0.6 is 0 Å². The summed E-state index contributed by atoms with van der Waals surface area (Å²) in [7, 11) is 0. The van der Waals surface area contributed by atoms with Crippen LogP contribution in [0.2, 0.25) is 0 Å². The van der Waals surface area contributed by atoms with Crippen molar-refractivity contribution in [3.63, 3.8) is 0 Å². The second-order valence-electron chi connectivity index (χ2n) is 5.26. The zero-order chi connectivity index (χ0) is 14.7. The Morgan fingerprint density at radius 3 is 2.52 bits per heavy atom. The molecule has 21 heavy (non-hydrogen) atoms. The molecule has 0 aliphatic rings. The van der Waals surface area contributed by atoms with Gasteiger partial charge < -0.3 is 10.4 Å². The van der Waals surface area contributed by atoms with E-state index < -0.39 is 5.54 Å². The molecule has 4 heteroatoms. The quantitative estimate of drug-likeness (QED) is 0.771. The number of aliphatic hydroxyl groups excluding tert-OH is 1. The van der Waals surface area contributed by atoms with E-state index in [1.807, 2.05) is 61.5 Å². The van der Waals surface area contributed by atoms with Gasteiger partial charge in [0.1, 0.15) is 0 Å². The molecule has 4 nitrogen and oxygen atoms in total. The van der Waals surface area contributed by atoms with Crippen LogP contribution in [-0.4, -0.2) is 21.9 Å². The highest BCUT2D eigenvalue weighted by atomic mass is 16.3. The summed E-state index contributed by atoms with van der Waals surface area (Å²) in [6, 6.07) is 17.7. The van der Waals surface area contributed by atoms with Crippen molar-refractivity contribution in [1.29, 1.82) is 0 Å². The Labute approximate surface area is 123 Å². The van der Waals surface area contributed by atoms with Crippen molar-refractivity contribution in [1.82, 2.24) is 10.2 Å². The molecular weight excluding hydrogens is 262 g/mol. The number of nitrogens with zero attached hydrogens (tertiary/aromatic N) is 2. The summed E-state index contributed by atoms with van der Waals surface area (Å²) in [6.45, 7) is 1.95. The SMILES string of the molecule is CC(CO)(Nc1cnnc2ccccc12)c1ccccc1. The van der Waals surface area contributed by atoms with E-state index in [2.05, 4.69) is 15.5 Å². The Morgan fingerprint density at radius 2 is 1.76 bits per heavy atom. The number of fused-ring (bicyclic) bond motifs is 1. The third kappa shape index (κ3) is 2.58. The Morgan fingerprint density at radius 1 is 1.05 bits per heavy atom. The predicted molar refractivity (Wildman–Crippen MR) is 84.0 cm³/mol. The van der Waals surface area contributed by atoms with Crippen LogP contribution in [0.3, 0.4) is 0 Å². The van der Waals surface area contributed by atoms with Crippen LogP contribution in [0.5, 0.6) is 0 Å². The maximum atomic E-state index is 9.87. The fourth-order valence-corrected chi connectivity index (χ4v) is 2.41. The summed E-state index contributed by atoms with van der Waals surface area (Å²) in [6.07, 6.45) is 1.69. The molecule has 1 unspecified atom stereocenters. The van der Waals surface area contributed by atoms with Crippen LogP contribution in [0.4, 0.5) is 5.69 Å². The van der Waals surface area contributed by atoms with Gasteiger partial charge in [-0.3, -0.25) is 0 Å². The number of nitrogens with one attached hydrogen (secondary N) is 1. The molecule has 0 radical (unpaired) electrons. The lowest BCUT2D eigenvalue weighted by Crippen LogP contribution is -2.36. The van der Waals surface area contributed by atoms with Gasteiger partial charge in [0.15, 0.2) is 0 Å². The van der Waals surface area contributed by atoms with Crippen molar-refractivity contribution in [2.45, 2.75) is 12.5 Å². The van der Waals surface area contributed by atoms with Crippen molar-refractivity contribution in [2.24, 2.45) is 0 Å². The minimum Gasteiger partial charge on any atom is -0.394 e. The average molecular weight is 279 g/mol. The van der Waals surface area contributed by atoms with Gasteiger partial charge in [-0.25, -0.2) is 0 Å². The minimum atomic E-state index is -0.576. The van der Waals surface area contributed by atoms with E-state index in [1.165, 1.54) is 0 Å². The van der Waals surface area contributed by atoms with Crippen LogP contribution in [0.25, 0.3) is 10.9 Å². The van der Waals surface area contributed by atoms with Crippen LogP contribution in [0, 0.1) is 0 Å². The summed E-state index contributed by atoms with van der Waals surface area (Å²) in [5, 5.41) is 22.4. The standard InChI is InChI=1S/C17H17N3O/c1-17(12-21,13-7-3-2-4-8-13)19-16-11-18-20-15-10-6-5-9-14(15)16/h2-11,21H,12H2,1H3,(H,19,20). The molecule has 0 fully saturated rings. The number of anilines is 1. The van der Waals surface area contributed by atoms with Crippen molar-refractivity contribution >= 4 is 16.6 Å². The second-order valence-corrected chi connectivity index (χ2v) is 5.26. The molecule has 2 N–H and O–H groups in total. The molecule has 0 spiro atoms. The Kier molecular flexibility index (Phi) is 3.54.